The summed E-state index contributed by atoms with van der Waals surface area (Å²) in [5.74, 6) is 1.27. The highest BCUT2D eigenvalue weighted by Crippen LogP contribution is 2.23. The van der Waals surface area contributed by atoms with E-state index in [4.69, 9.17) is 0 Å². The van der Waals surface area contributed by atoms with Crippen molar-refractivity contribution >= 4 is 17.5 Å². The van der Waals surface area contributed by atoms with Gasteiger partial charge in [0.15, 0.2) is 0 Å². The molecule has 0 saturated carbocycles. The summed E-state index contributed by atoms with van der Waals surface area (Å²) in [5.41, 5.74) is 2.03. The smallest absolute Gasteiger partial charge is 0.319 e. The first kappa shape index (κ1) is 17.2. The molecule has 0 atom stereocenters. The molecule has 25 heavy (non-hydrogen) atoms. The molecular formula is C19H25N5O. The van der Waals surface area contributed by atoms with Gasteiger partial charge in [0.05, 0.1) is 6.20 Å². The molecule has 2 N–H and O–H groups in total. The van der Waals surface area contributed by atoms with Gasteiger partial charge in [-0.1, -0.05) is 32.0 Å². The van der Waals surface area contributed by atoms with Crippen LogP contribution in [-0.4, -0.2) is 35.1 Å². The SMILES string of the molecule is CC(C)c1ccccc1NC(=O)NC1CCN(c2cnccn2)CC1. The minimum absolute atomic E-state index is 0.133. The number of rotatable bonds is 4. The zero-order chi connectivity index (χ0) is 17.6. The van der Waals surface area contributed by atoms with Crippen LogP contribution in [0.15, 0.2) is 42.9 Å². The van der Waals surface area contributed by atoms with E-state index < -0.39 is 0 Å². The number of urea groups is 1. The van der Waals surface area contributed by atoms with E-state index in [-0.39, 0.29) is 12.1 Å². The van der Waals surface area contributed by atoms with Gasteiger partial charge in [0.2, 0.25) is 0 Å². The maximum Gasteiger partial charge on any atom is 0.319 e. The van der Waals surface area contributed by atoms with Gasteiger partial charge in [-0.2, -0.15) is 0 Å². The first-order chi connectivity index (χ1) is 12.1. The Balaban J connectivity index is 1.52. The largest absolute Gasteiger partial charge is 0.355 e. The molecule has 1 saturated heterocycles. The van der Waals surface area contributed by atoms with Crippen molar-refractivity contribution in [2.75, 3.05) is 23.3 Å². The summed E-state index contributed by atoms with van der Waals surface area (Å²) in [7, 11) is 0. The lowest BCUT2D eigenvalue weighted by molar-refractivity contribution is 0.246. The Morgan fingerprint density at radius 3 is 2.64 bits per heavy atom. The van der Waals surface area contributed by atoms with Crippen molar-refractivity contribution in [3.05, 3.63) is 48.4 Å². The molecule has 2 heterocycles. The maximum atomic E-state index is 12.3. The molecule has 132 valence electrons. The van der Waals surface area contributed by atoms with Crippen molar-refractivity contribution in [3.63, 3.8) is 0 Å². The number of carbonyl (C=O) groups is 1. The minimum Gasteiger partial charge on any atom is -0.355 e. The fourth-order valence-electron chi connectivity index (χ4n) is 3.17. The molecule has 0 radical (unpaired) electrons. The third-order valence-electron chi connectivity index (χ3n) is 4.53. The Hall–Kier alpha value is -2.63. The molecule has 6 nitrogen and oxygen atoms in total. The summed E-state index contributed by atoms with van der Waals surface area (Å²) in [6.45, 7) is 5.99. The number of amides is 2. The summed E-state index contributed by atoms with van der Waals surface area (Å²) in [5, 5.41) is 6.09. The third kappa shape index (κ3) is 4.47. The standard InChI is InChI=1S/C19H25N5O/c1-14(2)16-5-3-4-6-17(16)23-19(25)22-15-7-11-24(12-8-15)18-13-20-9-10-21-18/h3-6,9-10,13-15H,7-8,11-12H2,1-2H3,(H2,22,23,25). The summed E-state index contributed by atoms with van der Waals surface area (Å²) in [6.07, 6.45) is 6.96. The molecule has 6 heteroatoms. The second-order valence-corrected chi connectivity index (χ2v) is 6.67. The first-order valence-corrected chi connectivity index (χ1v) is 8.81. The normalized spacial score (nSPS) is 15.2. The van der Waals surface area contributed by atoms with Crippen molar-refractivity contribution in [2.45, 2.75) is 38.6 Å². The van der Waals surface area contributed by atoms with E-state index in [0.29, 0.717) is 5.92 Å². The van der Waals surface area contributed by atoms with Crippen LogP contribution in [0.25, 0.3) is 0 Å². The number of hydrogen-bond donors (Lipinski definition) is 2. The van der Waals surface area contributed by atoms with Crippen LogP contribution in [0.4, 0.5) is 16.3 Å². The molecule has 2 aromatic rings. The lowest BCUT2D eigenvalue weighted by Gasteiger charge is -2.32. The van der Waals surface area contributed by atoms with Crippen LogP contribution in [0.3, 0.4) is 0 Å². The quantitative estimate of drug-likeness (QED) is 0.896. The van der Waals surface area contributed by atoms with Gasteiger partial charge in [0.25, 0.3) is 0 Å². The van der Waals surface area contributed by atoms with Crippen LogP contribution >= 0.6 is 0 Å². The Morgan fingerprint density at radius 1 is 1.20 bits per heavy atom. The van der Waals surface area contributed by atoms with Crippen LogP contribution in [0.5, 0.6) is 0 Å². The molecule has 2 amide bonds. The summed E-state index contributed by atoms with van der Waals surface area (Å²) >= 11 is 0. The van der Waals surface area contributed by atoms with Crippen molar-refractivity contribution in [3.8, 4) is 0 Å². The van der Waals surface area contributed by atoms with Crippen molar-refractivity contribution in [2.24, 2.45) is 0 Å². The van der Waals surface area contributed by atoms with E-state index in [2.05, 4.69) is 45.4 Å². The number of carbonyl (C=O) groups excluding carboxylic acids is 1. The van der Waals surface area contributed by atoms with Gasteiger partial charge < -0.3 is 15.5 Å². The first-order valence-electron chi connectivity index (χ1n) is 8.81. The minimum atomic E-state index is -0.133. The molecule has 1 aliphatic rings. The molecule has 1 aliphatic heterocycles. The maximum absolute atomic E-state index is 12.3. The van der Waals surface area contributed by atoms with Crippen LogP contribution in [0, 0.1) is 0 Å². The van der Waals surface area contributed by atoms with Crippen LogP contribution in [-0.2, 0) is 0 Å². The number of anilines is 2. The van der Waals surface area contributed by atoms with Crippen molar-refractivity contribution < 1.29 is 4.79 Å². The topological polar surface area (TPSA) is 70.2 Å². The zero-order valence-electron chi connectivity index (χ0n) is 14.8. The van der Waals surface area contributed by atoms with E-state index in [1.54, 1.807) is 18.6 Å². The predicted octanol–water partition coefficient (Wildman–Crippen LogP) is 3.39. The number of piperidine rings is 1. The van der Waals surface area contributed by atoms with Crippen molar-refractivity contribution in [1.29, 1.82) is 0 Å². The second kappa shape index (κ2) is 7.96. The van der Waals surface area contributed by atoms with E-state index in [9.17, 15) is 4.79 Å². The van der Waals surface area contributed by atoms with Gasteiger partial charge in [0.1, 0.15) is 5.82 Å². The Labute approximate surface area is 148 Å². The lowest BCUT2D eigenvalue weighted by atomic mass is 10.0. The average Bonchev–Trinajstić information content (AvgIpc) is 2.63. The molecule has 0 bridgehead atoms. The van der Waals surface area contributed by atoms with Crippen molar-refractivity contribution in [1.82, 2.24) is 15.3 Å². The fourth-order valence-corrected chi connectivity index (χ4v) is 3.17. The lowest BCUT2D eigenvalue weighted by Crippen LogP contribution is -2.46. The molecule has 3 rings (SSSR count). The molecular weight excluding hydrogens is 314 g/mol. The van der Waals surface area contributed by atoms with Gasteiger partial charge in [-0.25, -0.2) is 9.78 Å². The Bertz CT molecular complexity index is 696. The zero-order valence-corrected chi connectivity index (χ0v) is 14.8. The highest BCUT2D eigenvalue weighted by atomic mass is 16.2. The van der Waals surface area contributed by atoms with Gasteiger partial charge in [-0.3, -0.25) is 4.98 Å². The number of benzene rings is 1. The Kier molecular flexibility index (Phi) is 5.48. The highest BCUT2D eigenvalue weighted by Gasteiger charge is 2.22. The van der Waals surface area contributed by atoms with E-state index >= 15 is 0 Å². The number of para-hydroxylation sites is 1. The van der Waals surface area contributed by atoms with Gasteiger partial charge >= 0.3 is 6.03 Å². The molecule has 1 fully saturated rings. The Morgan fingerprint density at radius 2 is 1.96 bits per heavy atom. The molecule has 1 aromatic carbocycles. The van der Waals surface area contributed by atoms with Gasteiger partial charge in [0, 0.05) is 37.2 Å². The fraction of sp³-hybridized carbons (Fsp3) is 0.421. The monoisotopic (exact) mass is 339 g/mol. The van der Waals surface area contributed by atoms with Gasteiger partial charge in [-0.05, 0) is 30.4 Å². The third-order valence-corrected chi connectivity index (χ3v) is 4.53. The summed E-state index contributed by atoms with van der Waals surface area (Å²) < 4.78 is 0. The average molecular weight is 339 g/mol. The number of nitrogens with zero attached hydrogens (tertiary/aromatic N) is 3. The van der Waals surface area contributed by atoms with Crippen LogP contribution in [0.2, 0.25) is 0 Å². The van der Waals surface area contributed by atoms with E-state index in [0.717, 1.165) is 43.0 Å². The number of nitrogens with one attached hydrogen (secondary N) is 2. The highest BCUT2D eigenvalue weighted by molar-refractivity contribution is 5.90. The molecule has 0 aliphatic carbocycles. The number of hydrogen-bond acceptors (Lipinski definition) is 4. The number of aromatic nitrogens is 2. The molecule has 0 unspecified atom stereocenters. The van der Waals surface area contributed by atoms with Crippen LogP contribution in [0.1, 0.15) is 38.2 Å². The molecule has 0 spiro atoms. The predicted molar refractivity (Wildman–Crippen MR) is 100.0 cm³/mol. The van der Waals surface area contributed by atoms with Gasteiger partial charge in [-0.15, -0.1) is 0 Å². The second-order valence-electron chi connectivity index (χ2n) is 6.67. The van der Waals surface area contributed by atoms with Crippen LogP contribution < -0.4 is 15.5 Å². The van der Waals surface area contributed by atoms with E-state index in [1.165, 1.54) is 0 Å². The summed E-state index contributed by atoms with van der Waals surface area (Å²) in [4.78, 5) is 23.0. The van der Waals surface area contributed by atoms with E-state index in [1.807, 2.05) is 18.2 Å². The summed E-state index contributed by atoms with van der Waals surface area (Å²) in [6, 6.07) is 8.00. The molecule has 1 aromatic heterocycles.